The van der Waals surface area contributed by atoms with Gasteiger partial charge < -0.3 is 14.8 Å². The molecule has 1 amide bonds. The molecule has 35 heavy (non-hydrogen) atoms. The molecule has 0 unspecified atom stereocenters. The standard InChI is InChI=1S/C25H24N4O5S/c1-3-6-22-28-29-23(31)13-19(27-25(29)35-22)14-34-24(32)17-8-5-9-18(12-17)26-21(30)15-33-20-10-4-7-16(2)11-20/h4-5,7-13H,3,6,14-15H2,1-2H3,(H,26,30). The smallest absolute Gasteiger partial charge is 0.338 e. The first-order valence-electron chi connectivity index (χ1n) is 11.1. The third-order valence-corrected chi connectivity index (χ3v) is 5.86. The third-order valence-electron chi connectivity index (χ3n) is 4.90. The Morgan fingerprint density at radius 2 is 1.94 bits per heavy atom. The maximum Gasteiger partial charge on any atom is 0.338 e. The monoisotopic (exact) mass is 492 g/mol. The molecule has 9 nitrogen and oxygen atoms in total. The largest absolute Gasteiger partial charge is 0.484 e. The molecule has 0 bridgehead atoms. The number of aryl methyl sites for hydroxylation is 2. The molecule has 0 aliphatic heterocycles. The van der Waals surface area contributed by atoms with Crippen LogP contribution in [-0.2, 0) is 22.6 Å². The summed E-state index contributed by atoms with van der Waals surface area (Å²) < 4.78 is 12.1. The first-order valence-corrected chi connectivity index (χ1v) is 11.9. The van der Waals surface area contributed by atoms with E-state index in [9.17, 15) is 14.4 Å². The molecule has 0 fully saturated rings. The van der Waals surface area contributed by atoms with Crippen LogP contribution in [0.1, 0.15) is 40.0 Å². The quantitative estimate of drug-likeness (QED) is 0.354. The molecule has 4 rings (SSSR count). The molecule has 0 saturated heterocycles. The number of amides is 1. The van der Waals surface area contributed by atoms with Crippen LogP contribution in [-0.4, -0.2) is 33.1 Å². The number of rotatable bonds is 9. The molecule has 1 N–H and O–H groups in total. The Balaban J connectivity index is 1.35. The Morgan fingerprint density at radius 1 is 1.11 bits per heavy atom. The zero-order valence-corrected chi connectivity index (χ0v) is 20.1. The van der Waals surface area contributed by atoms with E-state index < -0.39 is 5.97 Å². The average molecular weight is 493 g/mol. The van der Waals surface area contributed by atoms with Gasteiger partial charge in [0.1, 0.15) is 17.4 Å². The van der Waals surface area contributed by atoms with Gasteiger partial charge in [0.25, 0.3) is 11.5 Å². The molecule has 0 spiro atoms. The number of hydrogen-bond acceptors (Lipinski definition) is 8. The maximum absolute atomic E-state index is 12.6. The number of carbonyl (C=O) groups excluding carboxylic acids is 2. The van der Waals surface area contributed by atoms with Gasteiger partial charge in [-0.05, 0) is 49.2 Å². The van der Waals surface area contributed by atoms with Gasteiger partial charge in [0.2, 0.25) is 4.96 Å². The molecule has 0 saturated carbocycles. The SMILES string of the molecule is CCCc1nn2c(=O)cc(COC(=O)c3cccc(NC(=O)COc4cccc(C)c4)c3)nc2s1. The lowest BCUT2D eigenvalue weighted by molar-refractivity contribution is -0.118. The van der Waals surface area contributed by atoms with Crippen molar-refractivity contribution >= 4 is 33.9 Å². The summed E-state index contributed by atoms with van der Waals surface area (Å²) in [5.74, 6) is -0.360. The van der Waals surface area contributed by atoms with E-state index in [0.29, 0.717) is 22.1 Å². The Kier molecular flexibility index (Phi) is 7.51. The Hall–Kier alpha value is -4.05. The molecule has 0 aliphatic rings. The highest BCUT2D eigenvalue weighted by Crippen LogP contribution is 2.16. The third kappa shape index (κ3) is 6.30. The van der Waals surface area contributed by atoms with E-state index in [0.717, 1.165) is 23.4 Å². The van der Waals surface area contributed by atoms with E-state index in [-0.39, 0.29) is 30.2 Å². The van der Waals surface area contributed by atoms with Gasteiger partial charge in [-0.1, -0.05) is 36.5 Å². The van der Waals surface area contributed by atoms with Crippen molar-refractivity contribution in [2.45, 2.75) is 33.3 Å². The van der Waals surface area contributed by atoms with Gasteiger partial charge >= 0.3 is 5.97 Å². The number of esters is 1. The van der Waals surface area contributed by atoms with Crippen molar-refractivity contribution in [2.75, 3.05) is 11.9 Å². The van der Waals surface area contributed by atoms with Crippen molar-refractivity contribution < 1.29 is 19.1 Å². The van der Waals surface area contributed by atoms with Crippen molar-refractivity contribution in [1.82, 2.24) is 14.6 Å². The second kappa shape index (κ2) is 10.9. The van der Waals surface area contributed by atoms with Crippen molar-refractivity contribution in [3.63, 3.8) is 0 Å². The van der Waals surface area contributed by atoms with Crippen LogP contribution in [0.15, 0.2) is 59.4 Å². The fourth-order valence-electron chi connectivity index (χ4n) is 3.28. The van der Waals surface area contributed by atoms with Crippen molar-refractivity contribution in [3.05, 3.63) is 86.8 Å². The summed E-state index contributed by atoms with van der Waals surface area (Å²) in [5, 5.41) is 7.79. The fraction of sp³-hybridized carbons (Fsp3) is 0.240. The molecule has 10 heteroatoms. The summed E-state index contributed by atoms with van der Waals surface area (Å²) in [5.41, 5.74) is 1.74. The summed E-state index contributed by atoms with van der Waals surface area (Å²) in [6.45, 7) is 3.64. The van der Waals surface area contributed by atoms with E-state index in [2.05, 4.69) is 15.4 Å². The van der Waals surface area contributed by atoms with Gasteiger partial charge in [-0.2, -0.15) is 9.61 Å². The molecule has 0 atom stereocenters. The van der Waals surface area contributed by atoms with Gasteiger partial charge in [0.05, 0.1) is 11.3 Å². The topological polar surface area (TPSA) is 112 Å². The summed E-state index contributed by atoms with van der Waals surface area (Å²) in [6, 6.07) is 15.1. The number of nitrogens with zero attached hydrogens (tertiary/aromatic N) is 3. The van der Waals surface area contributed by atoms with E-state index in [1.165, 1.54) is 28.0 Å². The molecule has 180 valence electrons. The number of aromatic nitrogens is 3. The predicted octanol–water partition coefficient (Wildman–Crippen LogP) is 3.79. The van der Waals surface area contributed by atoms with Crippen LogP contribution in [0.3, 0.4) is 0 Å². The number of carbonyl (C=O) groups is 2. The van der Waals surface area contributed by atoms with E-state index >= 15 is 0 Å². The molecule has 4 aromatic rings. The van der Waals surface area contributed by atoms with Gasteiger partial charge in [-0.3, -0.25) is 9.59 Å². The first-order chi connectivity index (χ1) is 16.9. The highest BCUT2D eigenvalue weighted by molar-refractivity contribution is 7.16. The van der Waals surface area contributed by atoms with Crippen molar-refractivity contribution in [2.24, 2.45) is 0 Å². The number of anilines is 1. The molecule has 0 aliphatic carbocycles. The van der Waals surface area contributed by atoms with Crippen LogP contribution in [0.5, 0.6) is 5.75 Å². The Morgan fingerprint density at radius 3 is 2.74 bits per heavy atom. The van der Waals surface area contributed by atoms with E-state index in [1.807, 2.05) is 32.0 Å². The lowest BCUT2D eigenvalue weighted by atomic mass is 10.2. The van der Waals surface area contributed by atoms with E-state index in [1.54, 1.807) is 24.3 Å². The van der Waals surface area contributed by atoms with Crippen molar-refractivity contribution in [3.8, 4) is 5.75 Å². The Labute approximate surface area is 205 Å². The predicted molar refractivity (Wildman–Crippen MR) is 132 cm³/mol. The Bertz CT molecular complexity index is 1430. The number of ether oxygens (including phenoxy) is 2. The van der Waals surface area contributed by atoms with Crippen LogP contribution in [0.4, 0.5) is 5.69 Å². The number of benzene rings is 2. The number of nitrogens with one attached hydrogen (secondary N) is 1. The first kappa shape index (κ1) is 24.1. The van der Waals surface area contributed by atoms with Crippen LogP contribution in [0.25, 0.3) is 4.96 Å². The van der Waals surface area contributed by atoms with Crippen molar-refractivity contribution in [1.29, 1.82) is 0 Å². The highest BCUT2D eigenvalue weighted by atomic mass is 32.1. The summed E-state index contributed by atoms with van der Waals surface area (Å²) in [7, 11) is 0. The second-order valence-electron chi connectivity index (χ2n) is 7.84. The summed E-state index contributed by atoms with van der Waals surface area (Å²) in [6.07, 6.45) is 1.68. The lowest BCUT2D eigenvalue weighted by Gasteiger charge is -2.09. The summed E-state index contributed by atoms with van der Waals surface area (Å²) in [4.78, 5) is 42.0. The normalized spacial score (nSPS) is 10.8. The zero-order chi connectivity index (χ0) is 24.8. The number of fused-ring (bicyclic) bond motifs is 1. The van der Waals surface area contributed by atoms with Crippen LogP contribution >= 0.6 is 11.3 Å². The lowest BCUT2D eigenvalue weighted by Crippen LogP contribution is -2.20. The molecular weight excluding hydrogens is 468 g/mol. The minimum Gasteiger partial charge on any atom is -0.484 e. The zero-order valence-electron chi connectivity index (χ0n) is 19.3. The molecule has 2 heterocycles. The average Bonchev–Trinajstić information content (AvgIpc) is 3.25. The van der Waals surface area contributed by atoms with Gasteiger partial charge in [0.15, 0.2) is 6.61 Å². The fourth-order valence-corrected chi connectivity index (χ4v) is 4.30. The molecular formula is C25H24N4O5S. The van der Waals surface area contributed by atoms with Gasteiger partial charge in [0, 0.05) is 18.2 Å². The number of hydrogen-bond donors (Lipinski definition) is 1. The van der Waals surface area contributed by atoms with Crippen LogP contribution in [0.2, 0.25) is 0 Å². The van der Waals surface area contributed by atoms with Gasteiger partial charge in [-0.25, -0.2) is 9.78 Å². The minimum atomic E-state index is -0.602. The molecule has 2 aromatic heterocycles. The van der Waals surface area contributed by atoms with E-state index in [4.69, 9.17) is 9.47 Å². The van der Waals surface area contributed by atoms with Crippen LogP contribution < -0.4 is 15.6 Å². The van der Waals surface area contributed by atoms with Crippen LogP contribution in [0, 0.1) is 6.92 Å². The highest BCUT2D eigenvalue weighted by Gasteiger charge is 2.13. The second-order valence-corrected chi connectivity index (χ2v) is 8.88. The molecule has 0 radical (unpaired) electrons. The maximum atomic E-state index is 12.6. The minimum absolute atomic E-state index is 0.160. The molecule has 2 aromatic carbocycles. The summed E-state index contributed by atoms with van der Waals surface area (Å²) >= 11 is 1.34. The van der Waals surface area contributed by atoms with Gasteiger partial charge in [-0.15, -0.1) is 0 Å².